The van der Waals surface area contributed by atoms with Crippen molar-refractivity contribution in [3.63, 3.8) is 0 Å². The van der Waals surface area contributed by atoms with Gasteiger partial charge in [0.25, 0.3) is 0 Å². The topological polar surface area (TPSA) is 78.2 Å². The fourth-order valence-corrected chi connectivity index (χ4v) is 6.32. The van der Waals surface area contributed by atoms with Crippen molar-refractivity contribution in [2.45, 2.75) is 18.5 Å². The number of hydrogen-bond acceptors (Lipinski definition) is 6. The molecule has 0 radical (unpaired) electrons. The van der Waals surface area contributed by atoms with E-state index >= 15 is 0 Å². The Kier molecular flexibility index (Phi) is 4.66. The van der Waals surface area contributed by atoms with Crippen molar-refractivity contribution in [3.8, 4) is 33.6 Å². The van der Waals surface area contributed by atoms with E-state index in [9.17, 15) is 0 Å². The van der Waals surface area contributed by atoms with Crippen molar-refractivity contribution in [2.24, 2.45) is 0 Å². The van der Waals surface area contributed by atoms with Crippen LogP contribution in [0.5, 0.6) is 0 Å². The minimum absolute atomic E-state index is 0.616. The summed E-state index contributed by atoms with van der Waals surface area (Å²) < 4.78 is 1.98. The van der Waals surface area contributed by atoms with E-state index in [-0.39, 0.29) is 0 Å². The number of nitrogens with zero attached hydrogens (tertiary/aromatic N) is 7. The van der Waals surface area contributed by atoms with E-state index in [1.165, 1.54) is 12.1 Å². The zero-order valence-corrected chi connectivity index (χ0v) is 21.0. The van der Waals surface area contributed by atoms with E-state index in [0.29, 0.717) is 12.1 Å². The lowest BCUT2D eigenvalue weighted by atomic mass is 9.99. The standard InChI is InChI=1S/C30H26N8/c1-36-17-23-15-22(36)18-37(23)21-7-5-19(6-8-21)27-11-14-32-30-28(24-3-2-4-26-25(24)16-33-34-26)29(35-38(27)30)20-9-12-31-13-10-20/h2-14,16,22-23H,15,17-18H2,1H3,(H,33,34)/t22-,23-/m0/s1. The number of H-pyrrole nitrogens is 1. The van der Waals surface area contributed by atoms with Gasteiger partial charge < -0.3 is 4.90 Å². The van der Waals surface area contributed by atoms with E-state index < -0.39 is 0 Å². The smallest absolute Gasteiger partial charge is 0.164 e. The molecule has 0 spiro atoms. The highest BCUT2D eigenvalue weighted by molar-refractivity contribution is 6.02. The molecule has 2 atom stereocenters. The maximum absolute atomic E-state index is 5.15. The Labute approximate surface area is 219 Å². The summed E-state index contributed by atoms with van der Waals surface area (Å²) in [4.78, 5) is 14.1. The van der Waals surface area contributed by atoms with E-state index in [2.05, 4.69) is 62.4 Å². The maximum atomic E-state index is 5.15. The van der Waals surface area contributed by atoms with E-state index in [1.807, 2.05) is 47.2 Å². The molecule has 186 valence electrons. The van der Waals surface area contributed by atoms with E-state index in [1.54, 1.807) is 12.4 Å². The normalized spacial score (nSPS) is 19.2. The third-order valence-electron chi connectivity index (χ3n) is 8.24. The van der Waals surface area contributed by atoms with Crippen LogP contribution < -0.4 is 4.90 Å². The van der Waals surface area contributed by atoms with Crippen LogP contribution in [0, 0.1) is 0 Å². The number of aromatic amines is 1. The summed E-state index contributed by atoms with van der Waals surface area (Å²) in [6.45, 7) is 2.26. The highest BCUT2D eigenvalue weighted by Gasteiger charge is 2.41. The van der Waals surface area contributed by atoms with Crippen LogP contribution in [0.1, 0.15) is 6.42 Å². The van der Waals surface area contributed by atoms with Gasteiger partial charge in [-0.3, -0.25) is 15.0 Å². The van der Waals surface area contributed by atoms with Crippen molar-refractivity contribution in [3.05, 3.63) is 85.5 Å². The molecule has 38 heavy (non-hydrogen) atoms. The predicted molar refractivity (Wildman–Crippen MR) is 149 cm³/mol. The Morgan fingerprint density at radius 2 is 1.74 bits per heavy atom. The number of anilines is 1. The largest absolute Gasteiger partial charge is 0.366 e. The first kappa shape index (κ1) is 21.5. The van der Waals surface area contributed by atoms with Crippen LogP contribution in [-0.2, 0) is 0 Å². The van der Waals surface area contributed by atoms with Crippen LogP contribution >= 0.6 is 0 Å². The first-order chi connectivity index (χ1) is 18.7. The zero-order chi connectivity index (χ0) is 25.2. The molecular formula is C30H26N8. The molecule has 0 amide bonds. The molecule has 0 unspecified atom stereocenters. The molecular weight excluding hydrogens is 472 g/mol. The fourth-order valence-electron chi connectivity index (χ4n) is 6.32. The molecule has 2 aromatic carbocycles. The number of likely N-dealkylation sites (tertiary alicyclic amines) is 1. The number of pyridine rings is 1. The second-order valence-electron chi connectivity index (χ2n) is 10.3. The zero-order valence-electron chi connectivity index (χ0n) is 21.0. The molecule has 0 saturated carbocycles. The maximum Gasteiger partial charge on any atom is 0.164 e. The van der Waals surface area contributed by atoms with Gasteiger partial charge in [0, 0.05) is 66.0 Å². The van der Waals surface area contributed by atoms with Crippen molar-refractivity contribution >= 4 is 22.2 Å². The van der Waals surface area contributed by atoms with Crippen molar-refractivity contribution in [2.75, 3.05) is 25.0 Å². The molecule has 8 rings (SSSR count). The fraction of sp³-hybridized carbons (Fsp3) is 0.200. The Morgan fingerprint density at radius 3 is 2.53 bits per heavy atom. The summed E-state index contributed by atoms with van der Waals surface area (Å²) in [5, 5.41) is 13.6. The predicted octanol–water partition coefficient (Wildman–Crippen LogP) is 4.89. The third kappa shape index (κ3) is 3.20. The number of hydrogen-bond donors (Lipinski definition) is 1. The molecule has 2 saturated heterocycles. The van der Waals surface area contributed by atoms with Gasteiger partial charge in [0.1, 0.15) is 5.69 Å². The van der Waals surface area contributed by atoms with Gasteiger partial charge in [0.15, 0.2) is 5.65 Å². The average molecular weight is 499 g/mol. The summed E-state index contributed by atoms with van der Waals surface area (Å²) in [5.74, 6) is 0. The monoisotopic (exact) mass is 498 g/mol. The summed E-state index contributed by atoms with van der Waals surface area (Å²) in [6, 6.07) is 22.4. The van der Waals surface area contributed by atoms with Crippen LogP contribution in [0.2, 0.25) is 0 Å². The van der Waals surface area contributed by atoms with Gasteiger partial charge in [0.2, 0.25) is 0 Å². The molecule has 8 heteroatoms. The Bertz CT molecular complexity index is 1780. The molecule has 2 aliphatic rings. The second-order valence-corrected chi connectivity index (χ2v) is 10.3. The van der Waals surface area contributed by atoms with Gasteiger partial charge in [-0.15, -0.1) is 0 Å². The number of aromatic nitrogens is 6. The number of piperazine rings is 1. The molecule has 6 aromatic rings. The summed E-state index contributed by atoms with van der Waals surface area (Å²) in [5.41, 5.74) is 9.11. The number of fused-ring (bicyclic) bond motifs is 4. The van der Waals surface area contributed by atoms with Gasteiger partial charge in [-0.25, -0.2) is 9.50 Å². The quantitative estimate of drug-likeness (QED) is 0.373. The van der Waals surface area contributed by atoms with Gasteiger partial charge in [-0.2, -0.15) is 10.2 Å². The average Bonchev–Trinajstić information content (AvgIpc) is 3.75. The molecule has 8 nitrogen and oxygen atoms in total. The minimum atomic E-state index is 0.616. The van der Waals surface area contributed by atoms with Crippen LogP contribution in [-0.4, -0.2) is 66.9 Å². The number of benzene rings is 2. The number of nitrogens with one attached hydrogen (secondary N) is 1. The molecule has 4 aromatic heterocycles. The lowest BCUT2D eigenvalue weighted by Crippen LogP contribution is -2.44. The van der Waals surface area contributed by atoms with Crippen LogP contribution in [0.4, 0.5) is 5.69 Å². The molecule has 6 heterocycles. The second kappa shape index (κ2) is 8.22. The minimum Gasteiger partial charge on any atom is -0.366 e. The van der Waals surface area contributed by atoms with Crippen molar-refractivity contribution in [1.82, 2.24) is 34.7 Å². The Balaban J connectivity index is 1.28. The molecule has 2 aliphatic heterocycles. The molecule has 2 bridgehead atoms. The Morgan fingerprint density at radius 1 is 0.868 bits per heavy atom. The van der Waals surface area contributed by atoms with Gasteiger partial charge in [0.05, 0.1) is 23.0 Å². The Hall–Kier alpha value is -4.56. The molecule has 2 fully saturated rings. The molecule has 1 N–H and O–H groups in total. The van der Waals surface area contributed by atoms with Crippen LogP contribution in [0.15, 0.2) is 85.5 Å². The highest BCUT2D eigenvalue weighted by Crippen LogP contribution is 2.39. The van der Waals surface area contributed by atoms with Crippen LogP contribution in [0.25, 0.3) is 50.2 Å². The van der Waals surface area contributed by atoms with Gasteiger partial charge in [-0.1, -0.05) is 24.3 Å². The van der Waals surface area contributed by atoms with Crippen LogP contribution in [0.3, 0.4) is 0 Å². The lowest BCUT2D eigenvalue weighted by Gasteiger charge is -2.33. The van der Waals surface area contributed by atoms with Crippen molar-refractivity contribution in [1.29, 1.82) is 0 Å². The first-order valence-corrected chi connectivity index (χ1v) is 13.0. The van der Waals surface area contributed by atoms with Gasteiger partial charge in [-0.05, 0) is 55.4 Å². The SMILES string of the molecule is CN1C[C@@H]2C[C@H]1CN2c1ccc(-c2ccnc3c(-c4cccc5[nH]ncc45)c(-c4ccncc4)nn23)cc1. The first-order valence-electron chi connectivity index (χ1n) is 13.0. The van der Waals surface area contributed by atoms with E-state index in [4.69, 9.17) is 10.1 Å². The number of likely N-dealkylation sites (N-methyl/N-ethyl adjacent to an activating group) is 1. The lowest BCUT2D eigenvalue weighted by molar-refractivity contribution is 0.292. The molecule has 0 aliphatic carbocycles. The van der Waals surface area contributed by atoms with Gasteiger partial charge >= 0.3 is 0 Å². The summed E-state index contributed by atoms with van der Waals surface area (Å²) >= 11 is 0. The number of rotatable bonds is 4. The van der Waals surface area contributed by atoms with E-state index in [0.717, 1.165) is 63.3 Å². The summed E-state index contributed by atoms with van der Waals surface area (Å²) in [6.07, 6.45) is 8.62. The van der Waals surface area contributed by atoms with Crippen molar-refractivity contribution < 1.29 is 0 Å². The summed E-state index contributed by atoms with van der Waals surface area (Å²) in [7, 11) is 2.24. The highest BCUT2D eigenvalue weighted by atomic mass is 15.3. The third-order valence-corrected chi connectivity index (χ3v) is 8.24.